The molecule has 0 saturated carbocycles. The van der Waals surface area contributed by atoms with Crippen molar-refractivity contribution >= 4 is 25.8 Å². The molecule has 1 heterocycles. The van der Waals surface area contributed by atoms with Crippen LogP contribution >= 0.6 is 15.9 Å². The molecule has 0 fully saturated rings. The first-order chi connectivity index (χ1) is 4.93. The highest BCUT2D eigenvalue weighted by atomic mass is 79.9. The molecule has 0 aromatic carbocycles. The lowest BCUT2D eigenvalue weighted by atomic mass is 10.7. The van der Waals surface area contributed by atoms with E-state index in [2.05, 4.69) is 21.0 Å². The summed E-state index contributed by atoms with van der Waals surface area (Å²) in [4.78, 5) is 0. The maximum Gasteiger partial charge on any atom is 0.193 e. The number of aryl methyl sites for hydroxylation is 1. The normalized spacial score (nSPS) is 11.9. The fraction of sp³-hybridized carbons (Fsp3) is 0.400. The zero-order valence-electron chi connectivity index (χ0n) is 6.07. The standard InChI is InChI=1S/C5H7BrN2O2S/c1-8-5(11(2,9)10)4(6)3-7-8/h3H,1-2H3. The van der Waals surface area contributed by atoms with E-state index < -0.39 is 9.84 Å². The van der Waals surface area contributed by atoms with E-state index in [1.165, 1.54) is 10.9 Å². The molecule has 0 unspecified atom stereocenters. The summed E-state index contributed by atoms with van der Waals surface area (Å²) in [6, 6.07) is 0. The molecule has 0 N–H and O–H groups in total. The lowest BCUT2D eigenvalue weighted by Gasteiger charge is -1.97. The predicted octanol–water partition coefficient (Wildman–Crippen LogP) is 0.586. The van der Waals surface area contributed by atoms with Crippen LogP contribution in [0.5, 0.6) is 0 Å². The topological polar surface area (TPSA) is 52.0 Å². The van der Waals surface area contributed by atoms with Gasteiger partial charge in [0, 0.05) is 13.3 Å². The highest BCUT2D eigenvalue weighted by Gasteiger charge is 2.16. The van der Waals surface area contributed by atoms with Crippen LogP contribution in [0.15, 0.2) is 15.7 Å². The maximum absolute atomic E-state index is 11.0. The molecular weight excluding hydrogens is 232 g/mol. The van der Waals surface area contributed by atoms with Gasteiger partial charge < -0.3 is 0 Å². The zero-order valence-corrected chi connectivity index (χ0v) is 8.48. The summed E-state index contributed by atoms with van der Waals surface area (Å²) in [5.74, 6) is 0. The molecule has 0 amide bonds. The van der Waals surface area contributed by atoms with Crippen molar-refractivity contribution in [3.8, 4) is 0 Å². The van der Waals surface area contributed by atoms with E-state index in [0.29, 0.717) is 4.47 Å². The van der Waals surface area contributed by atoms with Crippen molar-refractivity contribution in [2.24, 2.45) is 7.05 Å². The number of hydrogen-bond acceptors (Lipinski definition) is 3. The molecular formula is C5H7BrN2O2S. The zero-order chi connectivity index (χ0) is 8.65. The highest BCUT2D eigenvalue weighted by Crippen LogP contribution is 2.19. The second-order valence-corrected chi connectivity index (χ2v) is 4.98. The van der Waals surface area contributed by atoms with Gasteiger partial charge >= 0.3 is 0 Å². The molecule has 0 saturated heterocycles. The molecule has 11 heavy (non-hydrogen) atoms. The third kappa shape index (κ3) is 1.62. The third-order valence-electron chi connectivity index (χ3n) is 1.19. The van der Waals surface area contributed by atoms with E-state index in [-0.39, 0.29) is 5.03 Å². The first-order valence-electron chi connectivity index (χ1n) is 2.80. The van der Waals surface area contributed by atoms with Crippen molar-refractivity contribution < 1.29 is 8.42 Å². The number of rotatable bonds is 1. The summed E-state index contributed by atoms with van der Waals surface area (Å²) in [5.41, 5.74) is 0. The maximum atomic E-state index is 11.0. The van der Waals surface area contributed by atoms with Gasteiger partial charge in [-0.05, 0) is 15.9 Å². The van der Waals surface area contributed by atoms with Crippen molar-refractivity contribution in [1.29, 1.82) is 0 Å². The average molecular weight is 239 g/mol. The van der Waals surface area contributed by atoms with Gasteiger partial charge in [-0.3, -0.25) is 4.68 Å². The summed E-state index contributed by atoms with van der Waals surface area (Å²) in [7, 11) is -1.58. The molecule has 0 aliphatic rings. The average Bonchev–Trinajstić information content (AvgIpc) is 2.08. The minimum Gasteiger partial charge on any atom is -0.256 e. The molecule has 0 bridgehead atoms. The van der Waals surface area contributed by atoms with E-state index in [0.717, 1.165) is 6.26 Å². The van der Waals surface area contributed by atoms with Crippen LogP contribution in [0.4, 0.5) is 0 Å². The van der Waals surface area contributed by atoms with Gasteiger partial charge in [-0.25, -0.2) is 8.42 Å². The van der Waals surface area contributed by atoms with E-state index in [1.54, 1.807) is 7.05 Å². The second-order valence-electron chi connectivity index (χ2n) is 2.19. The predicted molar refractivity (Wildman–Crippen MR) is 44.0 cm³/mol. The first kappa shape index (κ1) is 8.73. The van der Waals surface area contributed by atoms with Crippen LogP contribution in [-0.4, -0.2) is 24.5 Å². The van der Waals surface area contributed by atoms with Crippen molar-refractivity contribution in [3.05, 3.63) is 10.7 Å². The van der Waals surface area contributed by atoms with Gasteiger partial charge in [0.25, 0.3) is 0 Å². The molecule has 1 rings (SSSR count). The van der Waals surface area contributed by atoms with Crippen molar-refractivity contribution in [1.82, 2.24) is 9.78 Å². The minimum atomic E-state index is -3.17. The molecule has 0 aliphatic heterocycles. The smallest absolute Gasteiger partial charge is 0.193 e. The Morgan fingerprint density at radius 3 is 2.36 bits per heavy atom. The first-order valence-corrected chi connectivity index (χ1v) is 5.49. The molecule has 0 radical (unpaired) electrons. The van der Waals surface area contributed by atoms with Gasteiger partial charge in [0.15, 0.2) is 14.9 Å². The molecule has 0 aliphatic carbocycles. The molecule has 0 spiro atoms. The number of aromatic nitrogens is 2. The van der Waals surface area contributed by atoms with Gasteiger partial charge in [0.2, 0.25) is 0 Å². The summed E-state index contributed by atoms with van der Waals surface area (Å²) in [6.07, 6.45) is 2.60. The lowest BCUT2D eigenvalue weighted by molar-refractivity contribution is 0.581. The number of sulfone groups is 1. The van der Waals surface area contributed by atoms with E-state index in [1.807, 2.05) is 0 Å². The van der Waals surface area contributed by atoms with Gasteiger partial charge in [0.05, 0.1) is 10.7 Å². The van der Waals surface area contributed by atoms with E-state index >= 15 is 0 Å². The Balaban J connectivity index is 3.45. The summed E-state index contributed by atoms with van der Waals surface area (Å²) >= 11 is 3.09. The minimum absolute atomic E-state index is 0.206. The Kier molecular flexibility index (Phi) is 2.06. The summed E-state index contributed by atoms with van der Waals surface area (Å²) in [5, 5.41) is 3.98. The fourth-order valence-corrected chi connectivity index (χ4v) is 2.98. The second kappa shape index (κ2) is 2.60. The van der Waals surface area contributed by atoms with Gasteiger partial charge in [-0.15, -0.1) is 0 Å². The lowest BCUT2D eigenvalue weighted by Crippen LogP contribution is -2.05. The number of hydrogen-bond donors (Lipinski definition) is 0. The molecule has 0 atom stereocenters. The van der Waals surface area contributed by atoms with Crippen LogP contribution in [0, 0.1) is 0 Å². The van der Waals surface area contributed by atoms with Crippen LogP contribution in [0.1, 0.15) is 0 Å². The van der Waals surface area contributed by atoms with Crippen molar-refractivity contribution in [2.45, 2.75) is 5.03 Å². The monoisotopic (exact) mass is 238 g/mol. The molecule has 1 aromatic rings. The molecule has 4 nitrogen and oxygen atoms in total. The van der Waals surface area contributed by atoms with Crippen LogP contribution in [0.3, 0.4) is 0 Å². The van der Waals surface area contributed by atoms with Crippen molar-refractivity contribution in [2.75, 3.05) is 6.26 Å². The Bertz CT molecular complexity index is 348. The fourth-order valence-electron chi connectivity index (χ4n) is 0.817. The number of nitrogens with zero attached hydrogens (tertiary/aromatic N) is 2. The molecule has 6 heteroatoms. The Morgan fingerprint density at radius 1 is 1.64 bits per heavy atom. The van der Waals surface area contributed by atoms with Gasteiger partial charge in [0.1, 0.15) is 0 Å². The van der Waals surface area contributed by atoms with Crippen molar-refractivity contribution in [3.63, 3.8) is 0 Å². The largest absolute Gasteiger partial charge is 0.256 e. The van der Waals surface area contributed by atoms with Gasteiger partial charge in [-0.2, -0.15) is 5.10 Å². The Hall–Kier alpha value is -0.360. The van der Waals surface area contributed by atoms with Gasteiger partial charge in [-0.1, -0.05) is 0 Å². The Labute approximate surface area is 73.3 Å². The van der Waals surface area contributed by atoms with Crippen LogP contribution in [-0.2, 0) is 16.9 Å². The number of halogens is 1. The quantitative estimate of drug-likeness (QED) is 0.720. The van der Waals surface area contributed by atoms with E-state index in [4.69, 9.17) is 0 Å². The van der Waals surface area contributed by atoms with Crippen LogP contribution in [0.25, 0.3) is 0 Å². The SMILES string of the molecule is Cn1ncc(Br)c1S(C)(=O)=O. The molecule has 62 valence electrons. The Morgan fingerprint density at radius 2 is 2.18 bits per heavy atom. The van der Waals surface area contributed by atoms with E-state index in [9.17, 15) is 8.42 Å². The van der Waals surface area contributed by atoms with Crippen LogP contribution in [0.2, 0.25) is 0 Å². The third-order valence-corrected chi connectivity index (χ3v) is 3.22. The van der Waals surface area contributed by atoms with Crippen LogP contribution < -0.4 is 0 Å². The molecule has 1 aromatic heterocycles. The highest BCUT2D eigenvalue weighted by molar-refractivity contribution is 9.10. The summed E-state index contributed by atoms with van der Waals surface area (Å²) < 4.78 is 23.9. The summed E-state index contributed by atoms with van der Waals surface area (Å²) in [6.45, 7) is 0.